The van der Waals surface area contributed by atoms with Gasteiger partial charge in [-0.15, -0.1) is 0 Å². The predicted molar refractivity (Wildman–Crippen MR) is 131 cm³/mol. The summed E-state index contributed by atoms with van der Waals surface area (Å²) in [6, 6.07) is 13.0. The van der Waals surface area contributed by atoms with Crippen molar-refractivity contribution in [2.45, 2.75) is 38.1 Å². The fourth-order valence-electron chi connectivity index (χ4n) is 5.30. The molecule has 4 rings (SSSR count). The van der Waals surface area contributed by atoms with Gasteiger partial charge in [0, 0.05) is 49.2 Å². The fraction of sp³-hybridized carbons (Fsp3) is 0.423. The minimum atomic E-state index is -1.04. The molecule has 1 spiro atoms. The zero-order valence-electron chi connectivity index (χ0n) is 19.8. The lowest BCUT2D eigenvalue weighted by Gasteiger charge is -2.38. The Bertz CT molecular complexity index is 1110. The van der Waals surface area contributed by atoms with E-state index in [0.717, 1.165) is 5.56 Å². The molecular formula is C26H29ClFN3O4. The third kappa shape index (κ3) is 4.98. The summed E-state index contributed by atoms with van der Waals surface area (Å²) in [7, 11) is 0. The number of rotatable bonds is 7. The van der Waals surface area contributed by atoms with E-state index in [4.69, 9.17) is 16.7 Å². The average molecular weight is 502 g/mol. The van der Waals surface area contributed by atoms with Crippen molar-refractivity contribution < 1.29 is 23.9 Å². The van der Waals surface area contributed by atoms with Crippen molar-refractivity contribution in [3.63, 3.8) is 0 Å². The Kier molecular flexibility index (Phi) is 7.03. The molecule has 2 fully saturated rings. The van der Waals surface area contributed by atoms with E-state index in [1.165, 1.54) is 12.1 Å². The number of carboxylic acids is 1. The summed E-state index contributed by atoms with van der Waals surface area (Å²) in [6.07, 6.45) is -0.380. The Morgan fingerprint density at radius 2 is 1.74 bits per heavy atom. The van der Waals surface area contributed by atoms with Gasteiger partial charge in [0.1, 0.15) is 5.82 Å². The Morgan fingerprint density at radius 1 is 1.09 bits per heavy atom. The van der Waals surface area contributed by atoms with Gasteiger partial charge in [-0.05, 0) is 47.9 Å². The highest BCUT2D eigenvalue weighted by Crippen LogP contribution is 2.47. The van der Waals surface area contributed by atoms with E-state index in [9.17, 15) is 18.8 Å². The van der Waals surface area contributed by atoms with Gasteiger partial charge < -0.3 is 14.9 Å². The first kappa shape index (κ1) is 25.0. The maximum absolute atomic E-state index is 13.8. The largest absolute Gasteiger partial charge is 0.481 e. The molecule has 2 aliphatic rings. The van der Waals surface area contributed by atoms with Gasteiger partial charge in [0.05, 0.1) is 12.0 Å². The molecule has 0 radical (unpaired) electrons. The van der Waals surface area contributed by atoms with Gasteiger partial charge >= 0.3 is 12.0 Å². The number of benzene rings is 2. The summed E-state index contributed by atoms with van der Waals surface area (Å²) in [4.78, 5) is 43.1. The highest BCUT2D eigenvalue weighted by Gasteiger charge is 2.60. The number of carboxylic acid groups (broad SMARTS) is 1. The van der Waals surface area contributed by atoms with E-state index in [1.807, 2.05) is 13.8 Å². The number of likely N-dealkylation sites (tertiary alicyclic amines) is 1. The van der Waals surface area contributed by atoms with Gasteiger partial charge in [-0.2, -0.15) is 0 Å². The molecule has 1 N–H and O–H groups in total. The van der Waals surface area contributed by atoms with Crippen LogP contribution in [0.3, 0.4) is 0 Å². The summed E-state index contributed by atoms with van der Waals surface area (Å²) in [6.45, 7) is 5.57. The molecule has 7 nitrogen and oxygen atoms in total. The number of anilines is 1. The molecule has 0 aliphatic carbocycles. The molecule has 9 heteroatoms. The molecule has 35 heavy (non-hydrogen) atoms. The Labute approximate surface area is 209 Å². The third-order valence-corrected chi connectivity index (χ3v) is 6.99. The lowest BCUT2D eigenvalue weighted by Crippen LogP contribution is -2.53. The Balaban J connectivity index is 1.80. The normalized spacial score (nSPS) is 22.0. The number of hydrogen-bond acceptors (Lipinski definition) is 3. The highest BCUT2D eigenvalue weighted by molar-refractivity contribution is 6.30. The first-order chi connectivity index (χ1) is 16.6. The minimum absolute atomic E-state index is 0.119. The molecule has 0 bridgehead atoms. The van der Waals surface area contributed by atoms with Crippen LogP contribution in [0.5, 0.6) is 0 Å². The molecule has 0 unspecified atom stereocenters. The number of urea groups is 1. The standard InChI is InChI=1S/C26H29ClFN3O4/c1-17(2)13-30-16-26(31(25(30)35)21-9-5-19(27)6-10-21)15-29(23(32)11-12-24(33)34)14-22(26)18-3-7-20(28)8-4-18/h3-10,17,22H,11-16H2,1-2H3,(H,33,34)/t22-,26-/m1/s1. The van der Waals surface area contributed by atoms with E-state index in [1.54, 1.807) is 51.1 Å². The number of aliphatic carboxylic acids is 1. The number of amides is 3. The lowest BCUT2D eigenvalue weighted by atomic mass is 9.81. The van der Waals surface area contributed by atoms with Gasteiger partial charge in [-0.25, -0.2) is 9.18 Å². The van der Waals surface area contributed by atoms with Crippen LogP contribution in [0.15, 0.2) is 48.5 Å². The maximum Gasteiger partial charge on any atom is 0.325 e. The SMILES string of the molecule is CC(C)CN1C[C@@]2(CN(C(=O)CCC(=O)O)C[C@@H]2c2ccc(F)cc2)N(c2ccc(Cl)cc2)C1=O. The van der Waals surface area contributed by atoms with Crippen LogP contribution in [0.25, 0.3) is 0 Å². The second-order valence-corrected chi connectivity index (χ2v) is 10.2. The minimum Gasteiger partial charge on any atom is -0.481 e. The molecule has 2 heterocycles. The fourth-order valence-corrected chi connectivity index (χ4v) is 5.42. The molecule has 2 aromatic rings. The van der Waals surface area contributed by atoms with Gasteiger partial charge in [-0.3, -0.25) is 14.5 Å². The number of halogens is 2. The van der Waals surface area contributed by atoms with Gasteiger partial charge in [0.15, 0.2) is 0 Å². The van der Waals surface area contributed by atoms with Crippen LogP contribution in [0.4, 0.5) is 14.9 Å². The average Bonchev–Trinajstić information content (AvgIpc) is 3.30. The van der Waals surface area contributed by atoms with Crippen molar-refractivity contribution in [3.05, 3.63) is 64.9 Å². The molecule has 3 amide bonds. The van der Waals surface area contributed by atoms with Gasteiger partial charge in [-0.1, -0.05) is 37.6 Å². The second kappa shape index (κ2) is 9.85. The highest BCUT2D eigenvalue weighted by atomic mass is 35.5. The summed E-state index contributed by atoms with van der Waals surface area (Å²) < 4.78 is 13.8. The first-order valence-corrected chi connectivity index (χ1v) is 12.1. The second-order valence-electron chi connectivity index (χ2n) is 9.74. The lowest BCUT2D eigenvalue weighted by molar-refractivity contribution is -0.140. The van der Waals surface area contributed by atoms with Crippen LogP contribution < -0.4 is 4.90 Å². The van der Waals surface area contributed by atoms with Crippen LogP contribution >= 0.6 is 11.6 Å². The topological polar surface area (TPSA) is 81.2 Å². The van der Waals surface area contributed by atoms with E-state index in [0.29, 0.717) is 30.3 Å². The third-order valence-electron chi connectivity index (χ3n) is 6.74. The summed E-state index contributed by atoms with van der Waals surface area (Å²) >= 11 is 6.12. The van der Waals surface area contributed by atoms with Crippen molar-refractivity contribution in [1.82, 2.24) is 9.80 Å². The number of carbonyl (C=O) groups excluding carboxylic acids is 2. The quantitative estimate of drug-likeness (QED) is 0.601. The van der Waals surface area contributed by atoms with Crippen molar-refractivity contribution in [1.29, 1.82) is 0 Å². The van der Waals surface area contributed by atoms with E-state index in [-0.39, 0.29) is 49.0 Å². The Morgan fingerprint density at radius 3 is 2.34 bits per heavy atom. The van der Waals surface area contributed by atoms with Gasteiger partial charge in [0.2, 0.25) is 5.91 Å². The van der Waals surface area contributed by atoms with Crippen molar-refractivity contribution in [2.24, 2.45) is 5.92 Å². The van der Waals surface area contributed by atoms with E-state index >= 15 is 0 Å². The van der Waals surface area contributed by atoms with Crippen molar-refractivity contribution in [2.75, 3.05) is 31.1 Å². The predicted octanol–water partition coefficient (Wildman–Crippen LogP) is 4.61. The van der Waals surface area contributed by atoms with Gasteiger partial charge in [0.25, 0.3) is 0 Å². The molecule has 2 saturated heterocycles. The van der Waals surface area contributed by atoms with Crippen molar-refractivity contribution >= 4 is 35.2 Å². The van der Waals surface area contributed by atoms with Crippen LogP contribution in [0.1, 0.15) is 38.2 Å². The smallest absolute Gasteiger partial charge is 0.325 e. The van der Waals surface area contributed by atoms with Crippen LogP contribution in [0, 0.1) is 11.7 Å². The molecule has 186 valence electrons. The number of hydrogen-bond donors (Lipinski definition) is 1. The van der Waals surface area contributed by atoms with Crippen LogP contribution in [-0.4, -0.2) is 64.5 Å². The molecule has 2 aliphatic heterocycles. The summed E-state index contributed by atoms with van der Waals surface area (Å²) in [5.74, 6) is -1.74. The maximum atomic E-state index is 13.8. The molecule has 2 atom stereocenters. The number of nitrogens with zero attached hydrogens (tertiary/aromatic N) is 3. The zero-order valence-corrected chi connectivity index (χ0v) is 20.5. The Hall–Kier alpha value is -3.13. The zero-order chi connectivity index (χ0) is 25.3. The van der Waals surface area contributed by atoms with E-state index in [2.05, 4.69) is 0 Å². The summed E-state index contributed by atoms with van der Waals surface area (Å²) in [5.41, 5.74) is 0.673. The molecular weight excluding hydrogens is 473 g/mol. The van der Waals surface area contributed by atoms with Crippen LogP contribution in [0.2, 0.25) is 5.02 Å². The molecule has 0 saturated carbocycles. The van der Waals surface area contributed by atoms with Crippen LogP contribution in [-0.2, 0) is 9.59 Å². The first-order valence-electron chi connectivity index (χ1n) is 11.7. The van der Waals surface area contributed by atoms with E-state index < -0.39 is 11.5 Å². The molecule has 0 aromatic heterocycles. The molecule has 2 aromatic carbocycles. The monoisotopic (exact) mass is 501 g/mol. The van der Waals surface area contributed by atoms with Crippen molar-refractivity contribution in [3.8, 4) is 0 Å². The summed E-state index contributed by atoms with van der Waals surface area (Å²) in [5, 5.41) is 9.60. The number of carbonyl (C=O) groups is 3.